The molecule has 0 N–H and O–H groups in total. The van der Waals surface area contributed by atoms with Crippen molar-refractivity contribution in [2.75, 3.05) is 0 Å². The zero-order valence-electron chi connectivity index (χ0n) is 7.53. The predicted octanol–water partition coefficient (Wildman–Crippen LogP) is 3.36. The highest BCUT2D eigenvalue weighted by Gasteiger charge is 2.33. The Labute approximate surface area is 96.8 Å². The second-order valence-electron chi connectivity index (χ2n) is 2.74. The molecule has 0 aliphatic rings. The number of pyridine rings is 1. The quantitative estimate of drug-likeness (QED) is 0.470. The lowest BCUT2D eigenvalue weighted by atomic mass is 10.2. The fourth-order valence-electron chi connectivity index (χ4n) is 0.925. The first kappa shape index (κ1) is 12.5. The summed E-state index contributed by atoms with van der Waals surface area (Å²) >= 11 is 1.75. The van der Waals surface area contributed by atoms with Crippen LogP contribution in [0.2, 0.25) is 0 Å². The Morgan fingerprint density at radius 1 is 1.47 bits per heavy atom. The van der Waals surface area contributed by atoms with Crippen LogP contribution in [0.15, 0.2) is 6.07 Å². The van der Waals surface area contributed by atoms with Crippen LogP contribution in [0.5, 0.6) is 5.88 Å². The number of hydrogen-bond acceptors (Lipinski definition) is 2. The summed E-state index contributed by atoms with van der Waals surface area (Å²) in [7, 11) is 0. The highest BCUT2D eigenvalue weighted by molar-refractivity contribution is 14.1. The van der Waals surface area contributed by atoms with Crippen LogP contribution < -0.4 is 4.74 Å². The van der Waals surface area contributed by atoms with Gasteiger partial charge in [0, 0.05) is 5.56 Å². The molecule has 0 spiro atoms. The van der Waals surface area contributed by atoms with Crippen LogP contribution in [0.3, 0.4) is 0 Å². The summed E-state index contributed by atoms with van der Waals surface area (Å²) in [5, 5.41) is 0. The number of halogens is 5. The van der Waals surface area contributed by atoms with E-state index in [1.807, 2.05) is 0 Å². The Kier molecular flexibility index (Phi) is 3.74. The number of rotatable bonds is 2. The molecule has 0 radical (unpaired) electrons. The molecule has 0 amide bonds. The third-order valence-corrected chi connectivity index (χ3v) is 2.64. The molecule has 1 aromatic rings. The van der Waals surface area contributed by atoms with Gasteiger partial charge < -0.3 is 4.74 Å². The van der Waals surface area contributed by atoms with E-state index in [-0.39, 0.29) is 5.56 Å². The Balaban J connectivity index is 3.11. The van der Waals surface area contributed by atoms with Crippen LogP contribution in [0.1, 0.15) is 11.1 Å². The first-order chi connectivity index (χ1) is 6.83. The molecule has 1 aromatic heterocycles. The molecule has 0 saturated heterocycles. The summed E-state index contributed by atoms with van der Waals surface area (Å²) in [4.78, 5) is 3.53. The van der Waals surface area contributed by atoms with E-state index < -0.39 is 18.9 Å². The maximum Gasteiger partial charge on any atom is 0.574 e. The molecule has 0 fully saturated rings. The molecule has 0 unspecified atom stereocenters. The first-order valence-corrected chi connectivity index (χ1v) is 4.89. The molecular formula is C8H6F4INO. The van der Waals surface area contributed by atoms with Crippen molar-refractivity contribution in [3.05, 3.63) is 20.9 Å². The Morgan fingerprint density at radius 3 is 2.53 bits per heavy atom. The van der Waals surface area contributed by atoms with E-state index in [2.05, 4.69) is 9.72 Å². The molecule has 7 heteroatoms. The van der Waals surface area contributed by atoms with Crippen LogP contribution in [0.4, 0.5) is 17.6 Å². The molecule has 0 saturated carbocycles. The van der Waals surface area contributed by atoms with Crippen LogP contribution in [0, 0.1) is 10.6 Å². The van der Waals surface area contributed by atoms with Crippen LogP contribution >= 0.6 is 22.6 Å². The lowest BCUT2D eigenvalue weighted by molar-refractivity contribution is -0.276. The number of alkyl halides is 4. The lowest BCUT2D eigenvalue weighted by Crippen LogP contribution is -2.19. The second kappa shape index (κ2) is 4.50. The summed E-state index contributed by atoms with van der Waals surface area (Å²) in [6.45, 7) is 0.585. The van der Waals surface area contributed by atoms with E-state index in [0.29, 0.717) is 9.26 Å². The van der Waals surface area contributed by atoms with Gasteiger partial charge in [-0.15, -0.1) is 13.2 Å². The van der Waals surface area contributed by atoms with E-state index in [4.69, 9.17) is 0 Å². The van der Waals surface area contributed by atoms with Gasteiger partial charge in [-0.1, -0.05) is 0 Å². The molecular weight excluding hydrogens is 329 g/mol. The average Bonchev–Trinajstić information content (AvgIpc) is 2.08. The Bertz CT molecular complexity index is 366. The molecule has 1 heterocycles. The highest BCUT2D eigenvalue weighted by Crippen LogP contribution is 2.27. The van der Waals surface area contributed by atoms with Crippen LogP contribution in [0.25, 0.3) is 0 Å². The second-order valence-corrected chi connectivity index (χ2v) is 3.76. The van der Waals surface area contributed by atoms with E-state index in [0.717, 1.165) is 0 Å². The molecule has 0 aliphatic carbocycles. The van der Waals surface area contributed by atoms with Gasteiger partial charge >= 0.3 is 6.36 Å². The summed E-state index contributed by atoms with van der Waals surface area (Å²) < 4.78 is 52.0. The topological polar surface area (TPSA) is 22.1 Å². The fourth-order valence-corrected chi connectivity index (χ4v) is 1.30. The van der Waals surface area contributed by atoms with Crippen molar-refractivity contribution in [2.24, 2.45) is 0 Å². The largest absolute Gasteiger partial charge is 0.574 e. The summed E-state index contributed by atoms with van der Waals surface area (Å²) in [6, 6.07) is 1.29. The Morgan fingerprint density at radius 2 is 2.07 bits per heavy atom. The first-order valence-electron chi connectivity index (χ1n) is 3.81. The minimum absolute atomic E-state index is 0.203. The maximum atomic E-state index is 12.4. The zero-order chi connectivity index (χ0) is 11.6. The van der Waals surface area contributed by atoms with Crippen molar-refractivity contribution >= 4 is 22.6 Å². The number of nitrogens with zero attached hydrogens (tertiary/aromatic N) is 1. The molecule has 0 aliphatic heterocycles. The molecule has 84 valence electrons. The number of aryl methyl sites for hydroxylation is 1. The summed E-state index contributed by atoms with van der Waals surface area (Å²) in [6.07, 6.45) is -4.85. The fraction of sp³-hybridized carbons (Fsp3) is 0.375. The van der Waals surface area contributed by atoms with Crippen molar-refractivity contribution in [2.45, 2.75) is 20.0 Å². The van der Waals surface area contributed by atoms with Gasteiger partial charge in [-0.05, 0) is 41.1 Å². The predicted molar refractivity (Wildman–Crippen MR) is 53.2 cm³/mol. The molecule has 15 heavy (non-hydrogen) atoms. The molecule has 2 nitrogen and oxygen atoms in total. The van der Waals surface area contributed by atoms with E-state index in [9.17, 15) is 17.6 Å². The maximum absolute atomic E-state index is 12.4. The average molecular weight is 335 g/mol. The van der Waals surface area contributed by atoms with Gasteiger partial charge in [0.05, 0.1) is 0 Å². The zero-order valence-corrected chi connectivity index (χ0v) is 9.69. The number of hydrogen-bond donors (Lipinski definition) is 0. The van der Waals surface area contributed by atoms with Crippen molar-refractivity contribution < 1.29 is 22.3 Å². The Hall–Kier alpha value is -0.600. The molecule has 0 bridgehead atoms. The normalized spacial score (nSPS) is 11.6. The van der Waals surface area contributed by atoms with Crippen molar-refractivity contribution in [3.8, 4) is 5.88 Å². The van der Waals surface area contributed by atoms with Gasteiger partial charge in [-0.3, -0.25) is 0 Å². The monoisotopic (exact) mass is 335 g/mol. The lowest BCUT2D eigenvalue weighted by Gasteiger charge is -2.11. The van der Waals surface area contributed by atoms with Crippen molar-refractivity contribution in [1.82, 2.24) is 4.98 Å². The molecule has 1 rings (SSSR count). The van der Waals surface area contributed by atoms with E-state index in [1.165, 1.54) is 6.07 Å². The van der Waals surface area contributed by atoms with Gasteiger partial charge in [-0.2, -0.15) is 0 Å². The van der Waals surface area contributed by atoms with Gasteiger partial charge in [0.1, 0.15) is 10.4 Å². The highest BCUT2D eigenvalue weighted by atomic mass is 127. The number of aromatic nitrogens is 1. The molecule has 0 aromatic carbocycles. The van der Waals surface area contributed by atoms with Gasteiger partial charge in [-0.25, -0.2) is 9.37 Å². The minimum Gasteiger partial charge on any atom is -0.387 e. The van der Waals surface area contributed by atoms with E-state index >= 15 is 0 Å². The summed E-state index contributed by atoms with van der Waals surface area (Å²) in [5.74, 6) is -0.722. The molecule has 0 atom stereocenters. The summed E-state index contributed by atoms with van der Waals surface area (Å²) in [5.41, 5.74) is 0.406. The van der Waals surface area contributed by atoms with Crippen molar-refractivity contribution in [3.63, 3.8) is 0 Å². The van der Waals surface area contributed by atoms with Crippen LogP contribution in [-0.2, 0) is 6.67 Å². The standard InChI is InChI=1S/C8H6F4INO/c1-4-2-5(3-9)7(14-6(4)13)15-8(10,11)12/h2H,3H2,1H3. The number of ether oxygens (including phenoxy) is 1. The van der Waals surface area contributed by atoms with Gasteiger partial charge in [0.25, 0.3) is 0 Å². The smallest absolute Gasteiger partial charge is 0.387 e. The van der Waals surface area contributed by atoms with Crippen molar-refractivity contribution in [1.29, 1.82) is 0 Å². The van der Waals surface area contributed by atoms with Crippen LogP contribution in [-0.4, -0.2) is 11.3 Å². The van der Waals surface area contributed by atoms with Gasteiger partial charge in [0.2, 0.25) is 5.88 Å². The third-order valence-electron chi connectivity index (χ3n) is 1.55. The van der Waals surface area contributed by atoms with Gasteiger partial charge in [0.15, 0.2) is 0 Å². The SMILES string of the molecule is Cc1cc(CF)c(OC(F)(F)F)nc1I. The third kappa shape index (κ3) is 3.47. The minimum atomic E-state index is -4.85. The van der Waals surface area contributed by atoms with E-state index in [1.54, 1.807) is 29.5 Å².